The van der Waals surface area contributed by atoms with Crippen molar-refractivity contribution in [3.63, 3.8) is 0 Å². The summed E-state index contributed by atoms with van der Waals surface area (Å²) in [6, 6.07) is 4.53. The summed E-state index contributed by atoms with van der Waals surface area (Å²) in [5.41, 5.74) is 3.02. The number of rotatable bonds is 8. The number of hydrogen-bond acceptors (Lipinski definition) is 3. The van der Waals surface area contributed by atoms with Gasteiger partial charge in [0.1, 0.15) is 16.8 Å². The molecule has 29 heavy (non-hydrogen) atoms. The van der Waals surface area contributed by atoms with Gasteiger partial charge in [0, 0.05) is 44.3 Å². The number of nitrogens with zero attached hydrogens (tertiary/aromatic N) is 4. The Morgan fingerprint density at radius 2 is 2.17 bits per heavy atom. The molecule has 8 heteroatoms. The van der Waals surface area contributed by atoms with Crippen molar-refractivity contribution >= 4 is 34.6 Å². The highest BCUT2D eigenvalue weighted by Gasteiger charge is 2.11. The van der Waals surface area contributed by atoms with E-state index in [-0.39, 0.29) is 11.7 Å². The number of hydrogen-bond donors (Lipinski definition) is 1. The SMILES string of the molecule is CCCCn1nc(C)c(C=CC(=O)NCCc2nc3cc(F)ccc3n2C)c1Cl. The fourth-order valence-corrected chi connectivity index (χ4v) is 3.50. The van der Waals surface area contributed by atoms with Crippen molar-refractivity contribution in [1.82, 2.24) is 24.6 Å². The van der Waals surface area contributed by atoms with Crippen LogP contribution in [0.1, 0.15) is 36.8 Å². The van der Waals surface area contributed by atoms with Gasteiger partial charge in [0.15, 0.2) is 0 Å². The van der Waals surface area contributed by atoms with E-state index >= 15 is 0 Å². The molecule has 0 atom stereocenters. The third-order valence-corrected chi connectivity index (χ3v) is 5.22. The largest absolute Gasteiger partial charge is 0.352 e. The summed E-state index contributed by atoms with van der Waals surface area (Å²) >= 11 is 6.38. The first kappa shape index (κ1) is 21.0. The Kier molecular flexibility index (Phi) is 6.69. The minimum Gasteiger partial charge on any atom is -0.352 e. The lowest BCUT2D eigenvalue weighted by molar-refractivity contribution is -0.116. The minimum atomic E-state index is -0.312. The molecule has 3 rings (SSSR count). The van der Waals surface area contributed by atoms with Crippen LogP contribution in [0.3, 0.4) is 0 Å². The molecule has 0 aliphatic rings. The van der Waals surface area contributed by atoms with Crippen LogP contribution in [0.5, 0.6) is 0 Å². The van der Waals surface area contributed by atoms with Gasteiger partial charge in [-0.2, -0.15) is 5.10 Å². The first-order chi connectivity index (χ1) is 13.9. The highest BCUT2D eigenvalue weighted by molar-refractivity contribution is 6.31. The van der Waals surface area contributed by atoms with E-state index in [9.17, 15) is 9.18 Å². The monoisotopic (exact) mass is 417 g/mol. The summed E-state index contributed by atoms with van der Waals surface area (Å²) in [6.45, 7) is 5.17. The van der Waals surface area contributed by atoms with Crippen molar-refractivity contribution in [3.05, 3.63) is 52.3 Å². The zero-order chi connectivity index (χ0) is 21.0. The van der Waals surface area contributed by atoms with E-state index in [2.05, 4.69) is 22.3 Å². The summed E-state index contributed by atoms with van der Waals surface area (Å²) in [6.07, 6.45) is 5.76. The fraction of sp³-hybridized carbons (Fsp3) is 0.381. The number of carbonyl (C=O) groups is 1. The highest BCUT2D eigenvalue weighted by atomic mass is 35.5. The van der Waals surface area contributed by atoms with Crippen LogP contribution < -0.4 is 5.32 Å². The van der Waals surface area contributed by atoms with Crippen molar-refractivity contribution in [2.24, 2.45) is 7.05 Å². The molecule has 3 aromatic rings. The van der Waals surface area contributed by atoms with Crippen LogP contribution in [0.25, 0.3) is 17.1 Å². The molecule has 0 aliphatic carbocycles. The van der Waals surface area contributed by atoms with E-state index in [1.807, 2.05) is 18.5 Å². The van der Waals surface area contributed by atoms with Crippen molar-refractivity contribution in [2.45, 2.75) is 39.7 Å². The van der Waals surface area contributed by atoms with Crippen LogP contribution in [-0.2, 0) is 24.8 Å². The molecule has 154 valence electrons. The molecule has 2 heterocycles. The van der Waals surface area contributed by atoms with E-state index in [0.717, 1.165) is 42.0 Å². The summed E-state index contributed by atoms with van der Waals surface area (Å²) < 4.78 is 17.0. The number of unbranched alkanes of at least 4 members (excludes halogenated alkanes) is 1. The number of halogens is 2. The molecule has 0 spiro atoms. The van der Waals surface area contributed by atoms with Crippen LogP contribution >= 0.6 is 11.6 Å². The molecular formula is C21H25ClFN5O. The summed E-state index contributed by atoms with van der Waals surface area (Å²) in [5.74, 6) is 0.255. The molecule has 0 aliphatic heterocycles. The maximum atomic E-state index is 13.4. The maximum absolute atomic E-state index is 13.4. The van der Waals surface area contributed by atoms with Gasteiger partial charge >= 0.3 is 0 Å². The van der Waals surface area contributed by atoms with Gasteiger partial charge in [0.05, 0.1) is 16.7 Å². The number of benzene rings is 1. The molecule has 0 unspecified atom stereocenters. The van der Waals surface area contributed by atoms with Gasteiger partial charge in [0.2, 0.25) is 5.91 Å². The average molecular weight is 418 g/mol. The van der Waals surface area contributed by atoms with Gasteiger partial charge in [-0.25, -0.2) is 9.37 Å². The molecule has 0 fully saturated rings. The molecule has 0 saturated carbocycles. The number of fused-ring (bicyclic) bond motifs is 1. The number of nitrogens with one attached hydrogen (secondary N) is 1. The maximum Gasteiger partial charge on any atom is 0.244 e. The van der Waals surface area contributed by atoms with Crippen LogP contribution in [-0.4, -0.2) is 31.8 Å². The van der Waals surface area contributed by atoms with Crippen LogP contribution in [0.2, 0.25) is 5.15 Å². The molecule has 1 aromatic carbocycles. The smallest absolute Gasteiger partial charge is 0.244 e. The Morgan fingerprint density at radius 1 is 1.38 bits per heavy atom. The van der Waals surface area contributed by atoms with E-state index < -0.39 is 0 Å². The zero-order valence-electron chi connectivity index (χ0n) is 16.9. The quantitative estimate of drug-likeness (QED) is 0.562. The Morgan fingerprint density at radius 3 is 2.93 bits per heavy atom. The van der Waals surface area contributed by atoms with Crippen molar-refractivity contribution in [3.8, 4) is 0 Å². The van der Waals surface area contributed by atoms with Gasteiger partial charge < -0.3 is 9.88 Å². The molecule has 1 amide bonds. The van der Waals surface area contributed by atoms with E-state index in [0.29, 0.717) is 23.6 Å². The predicted molar refractivity (Wildman–Crippen MR) is 113 cm³/mol. The van der Waals surface area contributed by atoms with E-state index in [1.54, 1.807) is 16.8 Å². The highest BCUT2D eigenvalue weighted by Crippen LogP contribution is 2.21. The second-order valence-electron chi connectivity index (χ2n) is 6.96. The number of aryl methyl sites for hydroxylation is 3. The van der Waals surface area contributed by atoms with Crippen molar-refractivity contribution in [1.29, 1.82) is 0 Å². The molecule has 0 bridgehead atoms. The Hall–Kier alpha value is -2.67. The van der Waals surface area contributed by atoms with Crippen molar-refractivity contribution < 1.29 is 9.18 Å². The van der Waals surface area contributed by atoms with Crippen LogP contribution in [0.4, 0.5) is 4.39 Å². The predicted octanol–water partition coefficient (Wildman–Crippen LogP) is 4.04. The van der Waals surface area contributed by atoms with Crippen molar-refractivity contribution in [2.75, 3.05) is 6.54 Å². The van der Waals surface area contributed by atoms with Gasteiger partial charge in [-0.05, 0) is 31.6 Å². The first-order valence-electron chi connectivity index (χ1n) is 9.70. The number of carbonyl (C=O) groups excluding carboxylic acids is 1. The van der Waals surface area contributed by atoms with Gasteiger partial charge in [-0.1, -0.05) is 24.9 Å². The molecule has 1 N–H and O–H groups in total. The van der Waals surface area contributed by atoms with Gasteiger partial charge in [-0.15, -0.1) is 0 Å². The zero-order valence-corrected chi connectivity index (χ0v) is 17.6. The number of aromatic nitrogens is 4. The third-order valence-electron chi connectivity index (χ3n) is 4.82. The number of amides is 1. The molecule has 2 aromatic heterocycles. The minimum absolute atomic E-state index is 0.216. The molecule has 0 saturated heterocycles. The van der Waals surface area contributed by atoms with Gasteiger partial charge in [0.25, 0.3) is 0 Å². The first-order valence-corrected chi connectivity index (χ1v) is 10.1. The summed E-state index contributed by atoms with van der Waals surface area (Å²) in [5, 5.41) is 7.82. The van der Waals surface area contributed by atoms with Crippen LogP contribution in [0.15, 0.2) is 24.3 Å². The average Bonchev–Trinajstić information content (AvgIpc) is 3.14. The summed E-state index contributed by atoms with van der Waals surface area (Å²) in [7, 11) is 1.88. The van der Waals surface area contributed by atoms with E-state index in [1.165, 1.54) is 18.2 Å². The lowest BCUT2D eigenvalue weighted by Crippen LogP contribution is -2.24. The third kappa shape index (κ3) is 4.85. The molecule has 6 nitrogen and oxygen atoms in total. The lowest BCUT2D eigenvalue weighted by Gasteiger charge is -2.03. The molecule has 0 radical (unpaired) electrons. The van der Waals surface area contributed by atoms with Crippen LogP contribution in [0, 0.1) is 12.7 Å². The lowest BCUT2D eigenvalue weighted by atomic mass is 10.2. The van der Waals surface area contributed by atoms with Gasteiger partial charge in [-0.3, -0.25) is 9.48 Å². The summed E-state index contributed by atoms with van der Waals surface area (Å²) in [4.78, 5) is 16.6. The molecular weight excluding hydrogens is 393 g/mol. The Labute approximate surface area is 174 Å². The second-order valence-corrected chi connectivity index (χ2v) is 7.32. The number of imidazole rings is 1. The topological polar surface area (TPSA) is 64.7 Å². The second kappa shape index (κ2) is 9.22. The van der Waals surface area contributed by atoms with E-state index in [4.69, 9.17) is 11.6 Å². The fourth-order valence-electron chi connectivity index (χ4n) is 3.17. The standard InChI is InChI=1S/C21H25ClFN5O/c1-4-5-12-28-21(22)16(14(2)26-28)7-9-20(29)24-11-10-19-25-17-13-15(23)6-8-18(17)27(19)3/h6-9,13H,4-5,10-12H2,1-3H3,(H,24,29). The normalized spacial score (nSPS) is 11.6. The Bertz CT molecular complexity index is 1050. The Balaban J connectivity index is 1.58.